The van der Waals surface area contributed by atoms with Crippen LogP contribution in [0.1, 0.15) is 32.6 Å². The van der Waals surface area contributed by atoms with Crippen molar-refractivity contribution in [1.82, 2.24) is 5.32 Å². The SMILES string of the molecule is CCCCC/C(N)=C/NC. The van der Waals surface area contributed by atoms with Crippen LogP contribution in [0.4, 0.5) is 0 Å². The van der Waals surface area contributed by atoms with Gasteiger partial charge in [0.2, 0.25) is 0 Å². The van der Waals surface area contributed by atoms with Gasteiger partial charge in [-0.25, -0.2) is 0 Å². The summed E-state index contributed by atoms with van der Waals surface area (Å²) >= 11 is 0. The van der Waals surface area contributed by atoms with Crippen LogP contribution in [0.5, 0.6) is 0 Å². The zero-order valence-electron chi connectivity index (χ0n) is 6.98. The molecule has 0 atom stereocenters. The lowest BCUT2D eigenvalue weighted by molar-refractivity contribution is 0.706. The predicted octanol–water partition coefficient (Wildman–Crippen LogP) is 1.59. The normalized spacial score (nSPS) is 11.6. The minimum absolute atomic E-state index is 0.955. The zero-order chi connectivity index (χ0) is 7.82. The van der Waals surface area contributed by atoms with Gasteiger partial charge in [0.25, 0.3) is 0 Å². The van der Waals surface area contributed by atoms with E-state index in [1.807, 2.05) is 13.2 Å². The molecule has 0 rings (SSSR count). The highest BCUT2D eigenvalue weighted by Gasteiger charge is 1.88. The van der Waals surface area contributed by atoms with Crippen molar-refractivity contribution in [3.05, 3.63) is 11.9 Å². The predicted molar refractivity (Wildman–Crippen MR) is 45.5 cm³/mol. The molecule has 0 unspecified atom stereocenters. The van der Waals surface area contributed by atoms with Crippen LogP contribution in [0.15, 0.2) is 11.9 Å². The third kappa shape index (κ3) is 5.48. The quantitative estimate of drug-likeness (QED) is 0.572. The third-order valence-corrected chi connectivity index (χ3v) is 1.40. The summed E-state index contributed by atoms with van der Waals surface area (Å²) in [6.07, 6.45) is 6.62. The summed E-state index contributed by atoms with van der Waals surface area (Å²) in [4.78, 5) is 0. The molecule has 0 heterocycles. The second-order valence-corrected chi connectivity index (χ2v) is 2.47. The van der Waals surface area contributed by atoms with Gasteiger partial charge in [0.15, 0.2) is 0 Å². The highest BCUT2D eigenvalue weighted by Crippen LogP contribution is 2.02. The summed E-state index contributed by atoms with van der Waals surface area (Å²) < 4.78 is 0. The molecule has 0 aliphatic rings. The maximum absolute atomic E-state index is 5.62. The minimum atomic E-state index is 0.955. The molecule has 0 saturated carbocycles. The Labute approximate surface area is 63.5 Å². The fourth-order valence-corrected chi connectivity index (χ4v) is 0.837. The molecular weight excluding hydrogens is 124 g/mol. The van der Waals surface area contributed by atoms with Crippen LogP contribution in [-0.4, -0.2) is 7.05 Å². The molecular formula is C8H18N2. The van der Waals surface area contributed by atoms with Gasteiger partial charge >= 0.3 is 0 Å². The van der Waals surface area contributed by atoms with E-state index in [0.717, 1.165) is 12.1 Å². The molecule has 0 aromatic rings. The Morgan fingerprint density at radius 3 is 2.70 bits per heavy atom. The van der Waals surface area contributed by atoms with Crippen LogP contribution in [0.25, 0.3) is 0 Å². The molecule has 10 heavy (non-hydrogen) atoms. The van der Waals surface area contributed by atoms with Gasteiger partial charge < -0.3 is 11.1 Å². The van der Waals surface area contributed by atoms with Crippen LogP contribution < -0.4 is 11.1 Å². The maximum atomic E-state index is 5.62. The van der Waals surface area contributed by atoms with E-state index < -0.39 is 0 Å². The molecule has 3 N–H and O–H groups in total. The number of rotatable bonds is 5. The van der Waals surface area contributed by atoms with Crippen molar-refractivity contribution in [3.8, 4) is 0 Å². The lowest BCUT2D eigenvalue weighted by atomic mass is 10.2. The van der Waals surface area contributed by atoms with Gasteiger partial charge in [0, 0.05) is 18.9 Å². The molecule has 0 bridgehead atoms. The van der Waals surface area contributed by atoms with Gasteiger partial charge in [-0.2, -0.15) is 0 Å². The van der Waals surface area contributed by atoms with Gasteiger partial charge in [-0.05, 0) is 12.8 Å². The van der Waals surface area contributed by atoms with Crippen molar-refractivity contribution in [2.24, 2.45) is 5.73 Å². The van der Waals surface area contributed by atoms with E-state index in [2.05, 4.69) is 12.2 Å². The van der Waals surface area contributed by atoms with Crippen LogP contribution in [0.2, 0.25) is 0 Å². The van der Waals surface area contributed by atoms with Crippen molar-refractivity contribution in [1.29, 1.82) is 0 Å². The lowest BCUT2D eigenvalue weighted by Crippen LogP contribution is -2.03. The number of hydrogen-bond acceptors (Lipinski definition) is 2. The standard InChI is InChI=1S/C8H18N2/c1-3-4-5-6-8(9)7-10-2/h7,10H,3-6,9H2,1-2H3/b8-7-. The first-order valence-electron chi connectivity index (χ1n) is 3.93. The van der Waals surface area contributed by atoms with E-state index >= 15 is 0 Å². The van der Waals surface area contributed by atoms with E-state index in [1.54, 1.807) is 0 Å². The van der Waals surface area contributed by atoms with Gasteiger partial charge in [-0.3, -0.25) is 0 Å². The molecule has 0 amide bonds. The second-order valence-electron chi connectivity index (χ2n) is 2.47. The molecule has 2 nitrogen and oxygen atoms in total. The first-order valence-corrected chi connectivity index (χ1v) is 3.93. The summed E-state index contributed by atoms with van der Waals surface area (Å²) in [7, 11) is 1.87. The Hall–Kier alpha value is -0.660. The fourth-order valence-electron chi connectivity index (χ4n) is 0.837. The average molecular weight is 142 g/mol. The number of unbranched alkanes of at least 4 members (excludes halogenated alkanes) is 2. The van der Waals surface area contributed by atoms with E-state index in [4.69, 9.17) is 5.73 Å². The second kappa shape index (κ2) is 6.46. The number of nitrogens with two attached hydrogens (primary N) is 1. The molecule has 60 valence electrons. The topological polar surface area (TPSA) is 38.0 Å². The molecule has 0 spiro atoms. The fraction of sp³-hybridized carbons (Fsp3) is 0.750. The Bertz CT molecular complexity index is 97.4. The highest BCUT2D eigenvalue weighted by atomic mass is 14.8. The Morgan fingerprint density at radius 1 is 1.50 bits per heavy atom. The van der Waals surface area contributed by atoms with Crippen molar-refractivity contribution in [2.45, 2.75) is 32.6 Å². The van der Waals surface area contributed by atoms with Gasteiger partial charge in [-0.15, -0.1) is 0 Å². The highest BCUT2D eigenvalue weighted by molar-refractivity contribution is 4.93. The van der Waals surface area contributed by atoms with Crippen molar-refractivity contribution >= 4 is 0 Å². The molecule has 0 saturated heterocycles. The smallest absolute Gasteiger partial charge is 0.0240 e. The largest absolute Gasteiger partial charge is 0.401 e. The molecule has 0 radical (unpaired) electrons. The monoisotopic (exact) mass is 142 g/mol. The van der Waals surface area contributed by atoms with E-state index in [9.17, 15) is 0 Å². The van der Waals surface area contributed by atoms with Crippen molar-refractivity contribution < 1.29 is 0 Å². The van der Waals surface area contributed by atoms with E-state index in [0.29, 0.717) is 0 Å². The summed E-state index contributed by atoms with van der Waals surface area (Å²) in [6, 6.07) is 0. The van der Waals surface area contributed by atoms with Crippen LogP contribution >= 0.6 is 0 Å². The first-order chi connectivity index (χ1) is 4.81. The minimum Gasteiger partial charge on any atom is -0.401 e. The Balaban J connectivity index is 3.21. The van der Waals surface area contributed by atoms with Crippen molar-refractivity contribution in [3.63, 3.8) is 0 Å². The Morgan fingerprint density at radius 2 is 2.20 bits per heavy atom. The molecule has 2 heteroatoms. The van der Waals surface area contributed by atoms with Gasteiger partial charge in [0.05, 0.1) is 0 Å². The summed E-state index contributed by atoms with van der Waals surface area (Å²) in [5.41, 5.74) is 6.58. The van der Waals surface area contributed by atoms with Crippen molar-refractivity contribution in [2.75, 3.05) is 7.05 Å². The summed E-state index contributed by atoms with van der Waals surface area (Å²) in [5, 5.41) is 2.91. The zero-order valence-corrected chi connectivity index (χ0v) is 6.98. The number of hydrogen-bond donors (Lipinski definition) is 2. The average Bonchev–Trinajstić information content (AvgIpc) is 1.89. The Kier molecular flexibility index (Phi) is 6.03. The molecule has 0 aromatic heterocycles. The molecule has 0 aliphatic carbocycles. The van der Waals surface area contributed by atoms with Crippen LogP contribution in [0.3, 0.4) is 0 Å². The lowest BCUT2D eigenvalue weighted by Gasteiger charge is -1.99. The molecule has 0 aromatic carbocycles. The van der Waals surface area contributed by atoms with E-state index in [-0.39, 0.29) is 0 Å². The van der Waals surface area contributed by atoms with Crippen LogP contribution in [-0.2, 0) is 0 Å². The van der Waals surface area contributed by atoms with Crippen LogP contribution in [0, 0.1) is 0 Å². The van der Waals surface area contributed by atoms with Gasteiger partial charge in [0.1, 0.15) is 0 Å². The molecule has 0 fully saturated rings. The van der Waals surface area contributed by atoms with E-state index in [1.165, 1.54) is 19.3 Å². The summed E-state index contributed by atoms with van der Waals surface area (Å²) in [5.74, 6) is 0. The summed E-state index contributed by atoms with van der Waals surface area (Å²) in [6.45, 7) is 2.19. The maximum Gasteiger partial charge on any atom is 0.0240 e. The number of allylic oxidation sites excluding steroid dienone is 1. The molecule has 0 aliphatic heterocycles. The first kappa shape index (κ1) is 9.34. The number of nitrogens with one attached hydrogen (secondary N) is 1. The van der Waals surface area contributed by atoms with Gasteiger partial charge in [-0.1, -0.05) is 19.8 Å². The third-order valence-electron chi connectivity index (χ3n) is 1.40.